The van der Waals surface area contributed by atoms with E-state index in [-0.39, 0.29) is 18.1 Å². The summed E-state index contributed by atoms with van der Waals surface area (Å²) in [7, 11) is 4.61. The van der Waals surface area contributed by atoms with Crippen molar-refractivity contribution in [1.29, 1.82) is 0 Å². The van der Waals surface area contributed by atoms with Crippen molar-refractivity contribution in [3.05, 3.63) is 47.8 Å². The SMILES string of the molecule is COC1CCCC[C@@H](c2cccc(F)c2)OC(=O)[C@@H](C)[C@@]2(O)O[C@H]([C@@H](C)[C@H](O)[C@H]2OC)[C@@H](C)/C=C/[C@H]1OC. The van der Waals surface area contributed by atoms with Crippen LogP contribution in [0.3, 0.4) is 0 Å². The molecule has 0 amide bonds. The molecule has 1 fully saturated rings. The molecular formula is C29H43FO8. The topological polar surface area (TPSA) is 104 Å². The lowest BCUT2D eigenvalue weighted by atomic mass is 9.78. The van der Waals surface area contributed by atoms with E-state index in [2.05, 4.69) is 0 Å². The molecule has 2 aliphatic rings. The largest absolute Gasteiger partial charge is 0.457 e. The first kappa shape index (κ1) is 30.7. The van der Waals surface area contributed by atoms with Gasteiger partial charge in [0.25, 0.3) is 0 Å². The van der Waals surface area contributed by atoms with E-state index in [1.807, 2.05) is 26.0 Å². The lowest BCUT2D eigenvalue weighted by Gasteiger charge is -2.51. The lowest BCUT2D eigenvalue weighted by molar-refractivity contribution is -0.360. The zero-order valence-corrected chi connectivity index (χ0v) is 23.2. The van der Waals surface area contributed by atoms with Crippen molar-refractivity contribution in [1.82, 2.24) is 0 Å². The zero-order valence-electron chi connectivity index (χ0n) is 23.2. The van der Waals surface area contributed by atoms with Gasteiger partial charge < -0.3 is 33.9 Å². The van der Waals surface area contributed by atoms with Gasteiger partial charge >= 0.3 is 5.97 Å². The molecule has 0 radical (unpaired) electrons. The van der Waals surface area contributed by atoms with Crippen molar-refractivity contribution in [2.45, 2.75) is 88.9 Å². The summed E-state index contributed by atoms with van der Waals surface area (Å²) in [5.41, 5.74) is 0.521. The number of halogens is 1. The Kier molecular flexibility index (Phi) is 10.9. The molecule has 0 saturated carbocycles. The Morgan fingerprint density at radius 1 is 1.03 bits per heavy atom. The number of methoxy groups -OCH3 is 3. The van der Waals surface area contributed by atoms with Crippen LogP contribution in [0.4, 0.5) is 4.39 Å². The van der Waals surface area contributed by atoms with E-state index < -0.39 is 53.8 Å². The number of aliphatic hydroxyl groups is 2. The number of esters is 1. The summed E-state index contributed by atoms with van der Waals surface area (Å²) < 4.78 is 43.1. The Bertz CT molecular complexity index is 941. The van der Waals surface area contributed by atoms with E-state index in [1.54, 1.807) is 26.4 Å². The van der Waals surface area contributed by atoms with Gasteiger partial charge in [0.2, 0.25) is 5.79 Å². The van der Waals surface area contributed by atoms with Crippen LogP contribution in [0.25, 0.3) is 0 Å². The van der Waals surface area contributed by atoms with Crippen LogP contribution in [0.1, 0.15) is 58.1 Å². The van der Waals surface area contributed by atoms with Gasteiger partial charge in [-0.2, -0.15) is 0 Å². The van der Waals surface area contributed by atoms with Crippen LogP contribution in [-0.4, -0.2) is 73.8 Å². The molecule has 2 aliphatic heterocycles. The third-order valence-corrected chi connectivity index (χ3v) is 8.08. The molecule has 3 rings (SSSR count). The van der Waals surface area contributed by atoms with Gasteiger partial charge in [0.1, 0.15) is 30.0 Å². The van der Waals surface area contributed by atoms with Crippen LogP contribution in [0, 0.1) is 23.6 Å². The first-order chi connectivity index (χ1) is 18.1. The maximum atomic E-state index is 14.1. The molecule has 1 unspecified atom stereocenters. The zero-order chi connectivity index (χ0) is 28.0. The van der Waals surface area contributed by atoms with Crippen LogP contribution in [0.2, 0.25) is 0 Å². The third-order valence-electron chi connectivity index (χ3n) is 8.08. The minimum Gasteiger partial charge on any atom is -0.457 e. The maximum absolute atomic E-state index is 14.1. The summed E-state index contributed by atoms with van der Waals surface area (Å²) in [6.07, 6.45) is 2.23. The normalized spacial score (nSPS) is 40.3. The predicted octanol–water partition coefficient (Wildman–Crippen LogP) is 3.94. The summed E-state index contributed by atoms with van der Waals surface area (Å²) in [6, 6.07) is 5.95. The van der Waals surface area contributed by atoms with Gasteiger partial charge in [-0.15, -0.1) is 0 Å². The second-order valence-corrected chi connectivity index (χ2v) is 10.5. The summed E-state index contributed by atoms with van der Waals surface area (Å²) in [5, 5.41) is 22.9. The standard InChI is InChI=1S/C29H43FO8/c1-17-14-15-24(35-5)23(34-4)13-8-7-12-22(20-10-9-11-21(30)16-20)37-28(32)19(3)29(33)27(36-6)25(31)18(2)26(17)38-29/h9-11,14-19,22-27,31,33H,7-8,12-13H2,1-6H3/b15-14+/t17-,18-,19+,22-,23?,24+,25-,26-,27+,29+/m0/s1. The van der Waals surface area contributed by atoms with Crippen LogP contribution in [-0.2, 0) is 28.5 Å². The van der Waals surface area contributed by atoms with Crippen molar-refractivity contribution >= 4 is 5.97 Å². The van der Waals surface area contributed by atoms with Gasteiger partial charge in [-0.3, -0.25) is 4.79 Å². The highest BCUT2D eigenvalue weighted by atomic mass is 19.1. The summed E-state index contributed by atoms with van der Waals surface area (Å²) >= 11 is 0. The Morgan fingerprint density at radius 2 is 1.74 bits per heavy atom. The quantitative estimate of drug-likeness (QED) is 0.439. The first-order valence-corrected chi connectivity index (χ1v) is 13.4. The summed E-state index contributed by atoms with van der Waals surface area (Å²) in [5.74, 6) is -5.20. The van der Waals surface area contributed by atoms with E-state index >= 15 is 0 Å². The molecule has 8 nitrogen and oxygen atoms in total. The highest BCUT2D eigenvalue weighted by molar-refractivity contribution is 5.73. The van der Waals surface area contributed by atoms with Crippen molar-refractivity contribution in [3.8, 4) is 0 Å². The number of fused-ring (bicyclic) bond motifs is 2. The van der Waals surface area contributed by atoms with E-state index in [1.165, 1.54) is 26.2 Å². The first-order valence-electron chi connectivity index (χ1n) is 13.4. The molecule has 1 saturated heterocycles. The molecular weight excluding hydrogens is 495 g/mol. The Morgan fingerprint density at radius 3 is 2.37 bits per heavy atom. The van der Waals surface area contributed by atoms with Gasteiger partial charge in [-0.05, 0) is 43.9 Å². The fraction of sp³-hybridized carbons (Fsp3) is 0.690. The number of carbonyl (C=O) groups is 1. The molecule has 10 atom stereocenters. The third kappa shape index (κ3) is 6.63. The number of ether oxygens (including phenoxy) is 5. The van der Waals surface area contributed by atoms with Crippen molar-refractivity contribution in [3.63, 3.8) is 0 Å². The second kappa shape index (κ2) is 13.5. The number of hydrogen-bond acceptors (Lipinski definition) is 8. The van der Waals surface area contributed by atoms with Crippen molar-refractivity contribution < 1.29 is 43.1 Å². The van der Waals surface area contributed by atoms with Gasteiger partial charge in [-0.25, -0.2) is 4.39 Å². The highest BCUT2D eigenvalue weighted by Gasteiger charge is 2.58. The fourth-order valence-corrected chi connectivity index (χ4v) is 5.60. The molecule has 1 aromatic carbocycles. The molecule has 214 valence electrons. The van der Waals surface area contributed by atoms with E-state index in [0.717, 1.165) is 6.42 Å². The van der Waals surface area contributed by atoms with E-state index in [9.17, 15) is 19.4 Å². The monoisotopic (exact) mass is 538 g/mol. The minimum atomic E-state index is -2.16. The van der Waals surface area contributed by atoms with Crippen LogP contribution in [0.5, 0.6) is 0 Å². The van der Waals surface area contributed by atoms with E-state index in [0.29, 0.717) is 24.8 Å². The van der Waals surface area contributed by atoms with Gasteiger partial charge in [-0.1, -0.05) is 44.6 Å². The summed E-state index contributed by atoms with van der Waals surface area (Å²) in [6.45, 7) is 5.22. The van der Waals surface area contributed by atoms with Gasteiger partial charge in [0, 0.05) is 33.2 Å². The minimum absolute atomic E-state index is 0.211. The molecule has 0 aromatic heterocycles. The van der Waals surface area contributed by atoms with E-state index in [4.69, 9.17) is 23.7 Å². The van der Waals surface area contributed by atoms with Crippen molar-refractivity contribution in [2.75, 3.05) is 21.3 Å². The average Bonchev–Trinajstić information content (AvgIpc) is 2.90. The Labute approximate surface area is 225 Å². The molecule has 0 spiro atoms. The molecule has 0 aliphatic carbocycles. The molecule has 2 heterocycles. The smallest absolute Gasteiger partial charge is 0.314 e. The molecule has 9 heteroatoms. The predicted molar refractivity (Wildman–Crippen MR) is 139 cm³/mol. The number of aliphatic hydroxyl groups excluding tert-OH is 1. The number of rotatable bonds is 4. The Hall–Kier alpha value is -1.88. The number of hydrogen-bond donors (Lipinski definition) is 2. The summed E-state index contributed by atoms with van der Waals surface area (Å²) in [4.78, 5) is 13.4. The van der Waals surface area contributed by atoms with Gasteiger partial charge in [0.05, 0.1) is 18.3 Å². The highest BCUT2D eigenvalue weighted by Crippen LogP contribution is 2.42. The molecule has 2 bridgehead atoms. The lowest BCUT2D eigenvalue weighted by Crippen LogP contribution is -2.66. The molecule has 1 aromatic rings. The fourth-order valence-electron chi connectivity index (χ4n) is 5.60. The van der Waals surface area contributed by atoms with Crippen LogP contribution in [0.15, 0.2) is 36.4 Å². The van der Waals surface area contributed by atoms with Crippen LogP contribution >= 0.6 is 0 Å². The maximum Gasteiger partial charge on any atom is 0.314 e. The average molecular weight is 539 g/mol. The molecule has 38 heavy (non-hydrogen) atoms. The number of cyclic esters (lactones) is 1. The number of carbonyl (C=O) groups excluding carboxylic acids is 1. The molecule has 2 N–H and O–H groups in total. The van der Waals surface area contributed by atoms with Crippen LogP contribution < -0.4 is 0 Å². The van der Waals surface area contributed by atoms with Crippen molar-refractivity contribution in [2.24, 2.45) is 17.8 Å². The second-order valence-electron chi connectivity index (χ2n) is 10.5. The Balaban J connectivity index is 2.02. The number of benzene rings is 1. The van der Waals surface area contributed by atoms with Gasteiger partial charge in [0.15, 0.2) is 0 Å².